The minimum Gasteiger partial charge on any atom is -0.462 e. The van der Waals surface area contributed by atoms with Gasteiger partial charge in [0.25, 0.3) is 0 Å². The van der Waals surface area contributed by atoms with Gasteiger partial charge in [-0.3, -0.25) is 14.4 Å². The number of unbranched alkanes of at least 4 members (excludes halogenated alkanes) is 39. The van der Waals surface area contributed by atoms with Crippen LogP contribution in [0, 0.1) is 0 Å². The van der Waals surface area contributed by atoms with Gasteiger partial charge in [0, 0.05) is 19.3 Å². The Bertz CT molecular complexity index is 1440. The van der Waals surface area contributed by atoms with Gasteiger partial charge in [0.05, 0.1) is 0 Å². The molecule has 0 aliphatic carbocycles. The summed E-state index contributed by atoms with van der Waals surface area (Å²) in [6.07, 6.45) is 86.4. The molecule has 0 heterocycles. The zero-order valence-corrected chi connectivity index (χ0v) is 51.9. The van der Waals surface area contributed by atoms with E-state index in [1.54, 1.807) is 0 Å². The number of carbonyl (C=O) groups excluding carboxylic acids is 3. The van der Waals surface area contributed by atoms with Crippen LogP contribution in [0.5, 0.6) is 0 Å². The van der Waals surface area contributed by atoms with Crippen LogP contribution in [0.2, 0.25) is 0 Å². The van der Waals surface area contributed by atoms with Crippen molar-refractivity contribution in [3.05, 3.63) is 72.9 Å². The molecule has 0 aliphatic heterocycles. The molecule has 1 unspecified atom stereocenters. The van der Waals surface area contributed by atoms with Gasteiger partial charge in [0.1, 0.15) is 13.2 Å². The number of rotatable bonds is 62. The summed E-state index contributed by atoms with van der Waals surface area (Å²) in [5, 5.41) is 0. The maximum Gasteiger partial charge on any atom is 0.306 e. The first-order valence-electron chi connectivity index (χ1n) is 33.9. The van der Waals surface area contributed by atoms with Crippen molar-refractivity contribution in [3.63, 3.8) is 0 Å². The smallest absolute Gasteiger partial charge is 0.306 e. The van der Waals surface area contributed by atoms with Crippen LogP contribution in [0.25, 0.3) is 0 Å². The van der Waals surface area contributed by atoms with Crippen molar-refractivity contribution >= 4 is 17.9 Å². The van der Waals surface area contributed by atoms with Crippen molar-refractivity contribution in [2.24, 2.45) is 0 Å². The van der Waals surface area contributed by atoms with Crippen LogP contribution in [0.15, 0.2) is 72.9 Å². The van der Waals surface area contributed by atoms with E-state index < -0.39 is 6.10 Å². The molecule has 0 aromatic carbocycles. The molecule has 0 saturated heterocycles. The lowest BCUT2D eigenvalue weighted by molar-refractivity contribution is -0.167. The standard InChI is InChI=1S/C72H128O6/c1-4-7-10-13-16-19-22-25-27-29-31-33-34-35-36-37-39-40-42-44-47-50-53-56-59-62-65-71(74)77-68-69(67-76-70(73)64-61-58-55-52-49-46-24-21-18-15-12-9-6-3)78-72(75)66-63-60-57-54-51-48-45-43-41-38-32-30-28-26-23-20-17-14-11-8-5-2/h8,11-12,15,17,20-21,24,26,28,32,38,69H,4-7,9-10,13-14,16,18-19,22-23,25,27,29-31,33-37,39-68H2,1-3H3/b11-8-,15-12-,20-17-,24-21-,28-26-,38-32-. The lowest BCUT2D eigenvalue weighted by Crippen LogP contribution is -2.30. The molecule has 0 aromatic heterocycles. The van der Waals surface area contributed by atoms with E-state index >= 15 is 0 Å². The molecular formula is C72H128O6. The van der Waals surface area contributed by atoms with Crippen molar-refractivity contribution in [1.29, 1.82) is 0 Å². The Morgan fingerprint density at radius 2 is 0.526 bits per heavy atom. The second-order valence-corrected chi connectivity index (χ2v) is 22.7. The van der Waals surface area contributed by atoms with Crippen molar-refractivity contribution in [2.45, 2.75) is 354 Å². The fourth-order valence-electron chi connectivity index (χ4n) is 9.89. The quantitative estimate of drug-likeness (QED) is 0.0261. The molecule has 0 spiro atoms. The summed E-state index contributed by atoms with van der Waals surface area (Å²) in [5.74, 6) is -0.885. The fraction of sp³-hybridized carbons (Fsp3) is 0.792. The van der Waals surface area contributed by atoms with Gasteiger partial charge in [-0.1, -0.05) is 318 Å². The van der Waals surface area contributed by atoms with Crippen molar-refractivity contribution in [2.75, 3.05) is 13.2 Å². The zero-order valence-electron chi connectivity index (χ0n) is 51.9. The number of ether oxygens (including phenoxy) is 3. The molecule has 6 heteroatoms. The van der Waals surface area contributed by atoms with Gasteiger partial charge in [-0.25, -0.2) is 0 Å². The summed E-state index contributed by atoms with van der Waals surface area (Å²) >= 11 is 0. The summed E-state index contributed by atoms with van der Waals surface area (Å²) in [6.45, 7) is 6.50. The molecule has 0 rings (SSSR count). The monoisotopic (exact) mass is 1090 g/mol. The van der Waals surface area contributed by atoms with Crippen LogP contribution in [0.3, 0.4) is 0 Å². The molecule has 0 aromatic rings. The van der Waals surface area contributed by atoms with E-state index in [9.17, 15) is 14.4 Å². The maximum absolute atomic E-state index is 12.9. The molecular weight excluding hydrogens is 961 g/mol. The highest BCUT2D eigenvalue weighted by Crippen LogP contribution is 2.18. The van der Waals surface area contributed by atoms with Gasteiger partial charge >= 0.3 is 17.9 Å². The average Bonchev–Trinajstić information content (AvgIpc) is 3.44. The number of carbonyl (C=O) groups is 3. The van der Waals surface area contributed by atoms with E-state index in [0.717, 1.165) is 116 Å². The summed E-state index contributed by atoms with van der Waals surface area (Å²) in [6, 6.07) is 0. The van der Waals surface area contributed by atoms with Gasteiger partial charge in [-0.15, -0.1) is 0 Å². The highest BCUT2D eigenvalue weighted by atomic mass is 16.6. The van der Waals surface area contributed by atoms with Crippen molar-refractivity contribution < 1.29 is 28.6 Å². The highest BCUT2D eigenvalue weighted by molar-refractivity contribution is 5.71. The third-order valence-electron chi connectivity index (χ3n) is 14.9. The van der Waals surface area contributed by atoms with Crippen LogP contribution in [-0.4, -0.2) is 37.2 Å². The summed E-state index contributed by atoms with van der Waals surface area (Å²) in [7, 11) is 0. The molecule has 1 atom stereocenters. The summed E-state index contributed by atoms with van der Waals surface area (Å²) in [4.78, 5) is 38.4. The number of esters is 3. The molecule has 6 nitrogen and oxygen atoms in total. The number of hydrogen-bond donors (Lipinski definition) is 0. The Kier molecular flexibility index (Phi) is 63.7. The predicted molar refractivity (Wildman–Crippen MR) is 339 cm³/mol. The zero-order chi connectivity index (χ0) is 56.4. The Labute approximate surface area is 484 Å². The van der Waals surface area contributed by atoms with Crippen LogP contribution in [-0.2, 0) is 28.6 Å². The van der Waals surface area contributed by atoms with Gasteiger partial charge in [0.2, 0.25) is 0 Å². The van der Waals surface area contributed by atoms with Gasteiger partial charge in [-0.05, 0) is 83.5 Å². The lowest BCUT2D eigenvalue weighted by Gasteiger charge is -2.18. The van der Waals surface area contributed by atoms with E-state index in [0.29, 0.717) is 19.3 Å². The molecule has 0 N–H and O–H groups in total. The summed E-state index contributed by atoms with van der Waals surface area (Å²) < 4.78 is 16.9. The van der Waals surface area contributed by atoms with E-state index in [2.05, 4.69) is 93.7 Å². The van der Waals surface area contributed by atoms with Crippen LogP contribution in [0.4, 0.5) is 0 Å². The minimum atomic E-state index is -0.786. The van der Waals surface area contributed by atoms with Crippen LogP contribution in [0.1, 0.15) is 348 Å². The van der Waals surface area contributed by atoms with Gasteiger partial charge in [0.15, 0.2) is 6.10 Å². The highest BCUT2D eigenvalue weighted by Gasteiger charge is 2.19. The Morgan fingerprint density at radius 3 is 0.833 bits per heavy atom. The maximum atomic E-state index is 12.9. The first kappa shape index (κ1) is 74.8. The molecule has 0 radical (unpaired) electrons. The second kappa shape index (κ2) is 66.4. The topological polar surface area (TPSA) is 78.9 Å². The first-order chi connectivity index (χ1) is 38.5. The third kappa shape index (κ3) is 63.7. The largest absolute Gasteiger partial charge is 0.462 e. The van der Waals surface area contributed by atoms with E-state index in [4.69, 9.17) is 14.2 Å². The van der Waals surface area contributed by atoms with E-state index in [-0.39, 0.29) is 31.1 Å². The van der Waals surface area contributed by atoms with Crippen LogP contribution >= 0.6 is 0 Å². The van der Waals surface area contributed by atoms with Crippen LogP contribution < -0.4 is 0 Å². The normalized spacial score (nSPS) is 12.5. The average molecular weight is 1090 g/mol. The molecule has 0 aliphatic rings. The Morgan fingerprint density at radius 1 is 0.269 bits per heavy atom. The van der Waals surface area contributed by atoms with Gasteiger partial charge in [-0.2, -0.15) is 0 Å². The summed E-state index contributed by atoms with van der Waals surface area (Å²) in [5.41, 5.74) is 0. The molecule has 452 valence electrons. The SMILES string of the molecule is CC/C=C\C/C=C\C/C=C\C/C=C\CCCCCCCCCCC(=O)OC(COC(=O)CCCCCCC/C=C\C/C=C\CCC)COC(=O)CCCCCCCCCCCCCCCCCCCCCCCCCCCC. The second-order valence-electron chi connectivity index (χ2n) is 22.7. The van der Waals surface area contributed by atoms with E-state index in [1.165, 1.54) is 193 Å². The first-order valence-corrected chi connectivity index (χ1v) is 33.9. The van der Waals surface area contributed by atoms with Crippen molar-refractivity contribution in [3.8, 4) is 0 Å². The molecule has 78 heavy (non-hydrogen) atoms. The molecule has 0 bridgehead atoms. The predicted octanol–water partition coefficient (Wildman–Crippen LogP) is 23.3. The minimum absolute atomic E-state index is 0.0803. The molecule has 0 saturated carbocycles. The molecule has 0 amide bonds. The third-order valence-corrected chi connectivity index (χ3v) is 14.9. The molecule has 0 fully saturated rings. The fourth-order valence-corrected chi connectivity index (χ4v) is 9.89. The Hall–Kier alpha value is -3.15. The van der Waals surface area contributed by atoms with E-state index in [1.807, 2.05) is 0 Å². The van der Waals surface area contributed by atoms with Crippen molar-refractivity contribution in [1.82, 2.24) is 0 Å². The number of allylic oxidation sites excluding steroid dienone is 12. The number of hydrogen-bond acceptors (Lipinski definition) is 6. The lowest BCUT2D eigenvalue weighted by atomic mass is 10.0. The Balaban J connectivity index is 4.26. The van der Waals surface area contributed by atoms with Gasteiger partial charge < -0.3 is 14.2 Å².